The lowest BCUT2D eigenvalue weighted by atomic mass is 10.1. The highest BCUT2D eigenvalue weighted by Crippen LogP contribution is 2.18. The summed E-state index contributed by atoms with van der Waals surface area (Å²) in [6.45, 7) is 0. The number of anilines is 2. The predicted molar refractivity (Wildman–Crippen MR) is 95.7 cm³/mol. The SMILES string of the molecule is COc1ccc(Cc2nnc(NC(=O)Nc3cccc(OC)c3)o2)cc1. The highest BCUT2D eigenvalue weighted by molar-refractivity contribution is 5.98. The second kappa shape index (κ2) is 8.02. The van der Waals surface area contributed by atoms with E-state index in [0.29, 0.717) is 23.7 Å². The van der Waals surface area contributed by atoms with Gasteiger partial charge in [0.2, 0.25) is 5.89 Å². The van der Waals surface area contributed by atoms with Crippen molar-refractivity contribution in [3.8, 4) is 11.5 Å². The lowest BCUT2D eigenvalue weighted by molar-refractivity contribution is 0.261. The molecule has 0 saturated heterocycles. The first-order valence-electron chi connectivity index (χ1n) is 7.83. The van der Waals surface area contributed by atoms with Crippen molar-refractivity contribution in [3.05, 3.63) is 60.0 Å². The van der Waals surface area contributed by atoms with Crippen molar-refractivity contribution in [3.63, 3.8) is 0 Å². The molecule has 0 aliphatic heterocycles. The molecule has 0 fully saturated rings. The van der Waals surface area contributed by atoms with E-state index in [1.165, 1.54) is 0 Å². The highest BCUT2D eigenvalue weighted by Gasteiger charge is 2.11. The average molecular weight is 354 g/mol. The summed E-state index contributed by atoms with van der Waals surface area (Å²) in [4.78, 5) is 12.0. The van der Waals surface area contributed by atoms with E-state index in [0.717, 1.165) is 11.3 Å². The van der Waals surface area contributed by atoms with Crippen molar-refractivity contribution in [2.45, 2.75) is 6.42 Å². The number of nitrogens with one attached hydrogen (secondary N) is 2. The van der Waals surface area contributed by atoms with E-state index in [4.69, 9.17) is 13.9 Å². The van der Waals surface area contributed by atoms with Gasteiger partial charge in [-0.25, -0.2) is 4.79 Å². The Kier molecular flexibility index (Phi) is 5.33. The predicted octanol–water partition coefficient (Wildman–Crippen LogP) is 3.32. The number of hydrogen-bond donors (Lipinski definition) is 2. The number of hydrogen-bond acceptors (Lipinski definition) is 6. The molecule has 0 unspecified atom stereocenters. The molecule has 0 radical (unpaired) electrons. The van der Waals surface area contributed by atoms with Crippen molar-refractivity contribution in [2.75, 3.05) is 24.9 Å². The molecule has 8 heteroatoms. The van der Waals surface area contributed by atoms with E-state index in [1.807, 2.05) is 24.3 Å². The lowest BCUT2D eigenvalue weighted by Gasteiger charge is -2.06. The molecule has 2 N–H and O–H groups in total. The topological polar surface area (TPSA) is 98.5 Å². The number of benzene rings is 2. The summed E-state index contributed by atoms with van der Waals surface area (Å²) in [6.07, 6.45) is 0.455. The summed E-state index contributed by atoms with van der Waals surface area (Å²) >= 11 is 0. The standard InChI is InChI=1S/C18H18N4O4/c1-24-14-8-6-12(7-9-14)10-16-21-22-18(26-16)20-17(23)19-13-4-3-5-15(11-13)25-2/h3-9,11H,10H2,1-2H3,(H2,19,20,22,23). The maximum absolute atomic E-state index is 12.0. The maximum Gasteiger partial charge on any atom is 0.327 e. The molecule has 0 saturated carbocycles. The Bertz CT molecular complexity index is 877. The highest BCUT2D eigenvalue weighted by atomic mass is 16.5. The van der Waals surface area contributed by atoms with Gasteiger partial charge in [-0.05, 0) is 29.8 Å². The minimum atomic E-state index is -0.488. The van der Waals surface area contributed by atoms with Crippen LogP contribution in [0.1, 0.15) is 11.5 Å². The van der Waals surface area contributed by atoms with Gasteiger partial charge in [0.05, 0.1) is 20.6 Å². The summed E-state index contributed by atoms with van der Waals surface area (Å²) in [5.74, 6) is 1.81. The number of aromatic nitrogens is 2. The fourth-order valence-corrected chi connectivity index (χ4v) is 2.25. The first-order chi connectivity index (χ1) is 12.7. The Balaban J connectivity index is 1.57. The molecule has 8 nitrogen and oxygen atoms in total. The summed E-state index contributed by atoms with van der Waals surface area (Å²) < 4.78 is 15.7. The fraction of sp³-hybridized carbons (Fsp3) is 0.167. The first-order valence-corrected chi connectivity index (χ1v) is 7.83. The van der Waals surface area contributed by atoms with Crippen LogP contribution in [-0.4, -0.2) is 30.4 Å². The van der Waals surface area contributed by atoms with Crippen molar-refractivity contribution in [1.29, 1.82) is 0 Å². The summed E-state index contributed by atoms with van der Waals surface area (Å²) in [7, 11) is 3.17. The molecule has 0 aliphatic rings. The third kappa shape index (κ3) is 4.50. The van der Waals surface area contributed by atoms with Crippen LogP contribution in [0.4, 0.5) is 16.5 Å². The number of rotatable bonds is 6. The fourth-order valence-electron chi connectivity index (χ4n) is 2.25. The smallest absolute Gasteiger partial charge is 0.327 e. The molecule has 2 amide bonds. The second-order valence-corrected chi connectivity index (χ2v) is 5.34. The van der Waals surface area contributed by atoms with Crippen LogP contribution in [0.3, 0.4) is 0 Å². The molecule has 0 bridgehead atoms. The van der Waals surface area contributed by atoms with Gasteiger partial charge in [0, 0.05) is 11.8 Å². The molecular weight excluding hydrogens is 336 g/mol. The number of methoxy groups -OCH3 is 2. The summed E-state index contributed by atoms with van der Waals surface area (Å²) in [5, 5.41) is 12.9. The number of carbonyl (C=O) groups is 1. The minimum absolute atomic E-state index is 0.0221. The molecule has 1 aromatic heterocycles. The van der Waals surface area contributed by atoms with Crippen LogP contribution in [0.15, 0.2) is 52.9 Å². The monoisotopic (exact) mass is 354 g/mol. The third-order valence-electron chi connectivity index (χ3n) is 3.53. The Hall–Kier alpha value is -3.55. The second-order valence-electron chi connectivity index (χ2n) is 5.34. The number of carbonyl (C=O) groups excluding carboxylic acids is 1. The largest absolute Gasteiger partial charge is 0.497 e. The van der Waals surface area contributed by atoms with Gasteiger partial charge in [-0.3, -0.25) is 5.32 Å². The molecule has 3 rings (SSSR count). The Labute approximate surface area is 150 Å². The lowest BCUT2D eigenvalue weighted by Crippen LogP contribution is -2.19. The molecule has 2 aromatic carbocycles. The van der Waals surface area contributed by atoms with Gasteiger partial charge >= 0.3 is 12.0 Å². The zero-order valence-electron chi connectivity index (χ0n) is 14.4. The molecule has 1 heterocycles. The number of amides is 2. The number of ether oxygens (including phenoxy) is 2. The van der Waals surface area contributed by atoms with Crippen LogP contribution in [0, 0.1) is 0 Å². The number of nitrogens with zero attached hydrogens (tertiary/aromatic N) is 2. The van der Waals surface area contributed by atoms with Crippen LogP contribution in [0.5, 0.6) is 11.5 Å². The van der Waals surface area contributed by atoms with Crippen LogP contribution in [0.2, 0.25) is 0 Å². The molecule has 26 heavy (non-hydrogen) atoms. The van der Waals surface area contributed by atoms with E-state index < -0.39 is 6.03 Å². The van der Waals surface area contributed by atoms with Crippen molar-refractivity contribution in [1.82, 2.24) is 10.2 Å². The first kappa shape index (κ1) is 17.3. The molecular formula is C18H18N4O4. The third-order valence-corrected chi connectivity index (χ3v) is 3.53. The van der Waals surface area contributed by atoms with Gasteiger partial charge < -0.3 is 19.2 Å². The van der Waals surface area contributed by atoms with Crippen LogP contribution in [0.25, 0.3) is 0 Å². The molecule has 134 valence electrons. The Morgan fingerprint density at radius 2 is 1.77 bits per heavy atom. The van der Waals surface area contributed by atoms with Crippen LogP contribution >= 0.6 is 0 Å². The van der Waals surface area contributed by atoms with Gasteiger partial charge in [-0.1, -0.05) is 23.3 Å². The van der Waals surface area contributed by atoms with Gasteiger partial charge in [-0.2, -0.15) is 0 Å². The van der Waals surface area contributed by atoms with E-state index in [-0.39, 0.29) is 6.01 Å². The zero-order chi connectivity index (χ0) is 18.4. The molecule has 0 aliphatic carbocycles. The maximum atomic E-state index is 12.0. The average Bonchev–Trinajstić information content (AvgIpc) is 3.09. The molecule has 0 atom stereocenters. The van der Waals surface area contributed by atoms with E-state index in [2.05, 4.69) is 20.8 Å². The normalized spacial score (nSPS) is 10.2. The van der Waals surface area contributed by atoms with Gasteiger partial charge in [0.25, 0.3) is 0 Å². The van der Waals surface area contributed by atoms with Gasteiger partial charge in [0.1, 0.15) is 11.5 Å². The quantitative estimate of drug-likeness (QED) is 0.704. The van der Waals surface area contributed by atoms with Crippen molar-refractivity contribution >= 4 is 17.7 Å². The van der Waals surface area contributed by atoms with E-state index >= 15 is 0 Å². The van der Waals surface area contributed by atoms with Crippen molar-refractivity contribution < 1.29 is 18.7 Å². The van der Waals surface area contributed by atoms with Crippen LogP contribution < -0.4 is 20.1 Å². The van der Waals surface area contributed by atoms with Crippen LogP contribution in [-0.2, 0) is 6.42 Å². The molecule has 3 aromatic rings. The Morgan fingerprint density at radius 1 is 1.00 bits per heavy atom. The van der Waals surface area contributed by atoms with E-state index in [1.54, 1.807) is 38.5 Å². The van der Waals surface area contributed by atoms with Gasteiger partial charge in [-0.15, -0.1) is 5.10 Å². The molecule has 0 spiro atoms. The summed E-state index contributed by atoms with van der Waals surface area (Å²) in [6, 6.07) is 14.1. The minimum Gasteiger partial charge on any atom is -0.497 e. The van der Waals surface area contributed by atoms with E-state index in [9.17, 15) is 4.79 Å². The van der Waals surface area contributed by atoms with Crippen molar-refractivity contribution in [2.24, 2.45) is 0 Å². The summed E-state index contributed by atoms with van der Waals surface area (Å²) in [5.41, 5.74) is 1.57. The Morgan fingerprint density at radius 3 is 2.50 bits per heavy atom. The number of urea groups is 1. The van der Waals surface area contributed by atoms with Gasteiger partial charge in [0.15, 0.2) is 0 Å². The zero-order valence-corrected chi connectivity index (χ0v) is 14.4.